The molecule has 1 aromatic carbocycles. The van der Waals surface area contributed by atoms with Crippen molar-refractivity contribution in [3.8, 4) is 0 Å². The molecular weight excluding hydrogens is 479 g/mol. The second kappa shape index (κ2) is 11.4. The number of likely N-dealkylation sites (tertiary alicyclic amines) is 1. The molecule has 1 aliphatic rings. The number of hydrogen-bond donors (Lipinski definition) is 2. The average Bonchev–Trinajstić information content (AvgIpc) is 3.09. The first-order chi connectivity index (χ1) is 13.6. The van der Waals surface area contributed by atoms with Crippen LogP contribution >= 0.6 is 24.0 Å². The Hall–Kier alpha value is -1.77. The maximum Gasteiger partial charge on any atom is 0.309 e. The number of nitrogens with zero attached hydrogens (tertiary/aromatic N) is 2. The molecule has 0 bridgehead atoms. The van der Waals surface area contributed by atoms with Crippen molar-refractivity contribution in [1.29, 1.82) is 0 Å². The number of fused-ring (bicyclic) bond motifs is 1. The maximum absolute atomic E-state index is 11.9. The molecule has 0 spiro atoms. The standard InChI is InChI=1S/C22H32N4O2.HI/c1-4-23-22(26-12-9-17(10-13-26)21(27)28-5-2)24-11-8-18-15-25-20-14-16(3)6-7-19(18)20;/h6-7,14-15,17,25H,4-5,8-13H2,1-3H3,(H,23,24);1H. The number of aliphatic imine (C=N–C) groups is 1. The normalized spacial score (nSPS) is 15.3. The van der Waals surface area contributed by atoms with Gasteiger partial charge in [-0.25, -0.2) is 0 Å². The highest BCUT2D eigenvalue weighted by Gasteiger charge is 2.27. The van der Waals surface area contributed by atoms with E-state index in [9.17, 15) is 4.79 Å². The van der Waals surface area contributed by atoms with Gasteiger partial charge in [0.1, 0.15) is 0 Å². The summed E-state index contributed by atoms with van der Waals surface area (Å²) in [6, 6.07) is 6.52. The van der Waals surface area contributed by atoms with Crippen LogP contribution in [0.3, 0.4) is 0 Å². The van der Waals surface area contributed by atoms with Crippen LogP contribution in [0, 0.1) is 12.8 Å². The summed E-state index contributed by atoms with van der Waals surface area (Å²) in [6.07, 6.45) is 4.64. The van der Waals surface area contributed by atoms with Gasteiger partial charge in [0, 0.05) is 43.3 Å². The number of piperidine rings is 1. The minimum Gasteiger partial charge on any atom is -0.466 e. The number of benzene rings is 1. The van der Waals surface area contributed by atoms with Crippen molar-refractivity contribution in [2.75, 3.05) is 32.8 Å². The predicted molar refractivity (Wildman–Crippen MR) is 129 cm³/mol. The fourth-order valence-electron chi connectivity index (χ4n) is 3.80. The lowest BCUT2D eigenvalue weighted by Gasteiger charge is -2.33. The highest BCUT2D eigenvalue weighted by molar-refractivity contribution is 14.0. The van der Waals surface area contributed by atoms with Crippen LogP contribution in [0.2, 0.25) is 0 Å². The van der Waals surface area contributed by atoms with Crippen molar-refractivity contribution >= 4 is 46.8 Å². The van der Waals surface area contributed by atoms with Gasteiger partial charge < -0.3 is 19.9 Å². The minimum absolute atomic E-state index is 0. The highest BCUT2D eigenvalue weighted by atomic mass is 127. The van der Waals surface area contributed by atoms with Crippen molar-refractivity contribution in [3.05, 3.63) is 35.5 Å². The molecule has 2 aromatic rings. The maximum atomic E-state index is 11.9. The Labute approximate surface area is 190 Å². The average molecular weight is 512 g/mol. The third-order valence-corrected chi connectivity index (χ3v) is 5.31. The van der Waals surface area contributed by atoms with E-state index >= 15 is 0 Å². The molecule has 160 valence electrons. The van der Waals surface area contributed by atoms with Crippen LogP contribution in [0.5, 0.6) is 0 Å². The Morgan fingerprint density at radius 2 is 2.07 bits per heavy atom. The quantitative estimate of drug-likeness (QED) is 0.267. The van der Waals surface area contributed by atoms with E-state index in [0.717, 1.165) is 51.4 Å². The van der Waals surface area contributed by atoms with Gasteiger partial charge in [0.15, 0.2) is 5.96 Å². The number of aromatic nitrogens is 1. The van der Waals surface area contributed by atoms with Crippen LogP contribution in [0.4, 0.5) is 0 Å². The molecule has 3 rings (SSSR count). The predicted octanol–water partition coefficient (Wildman–Crippen LogP) is 3.88. The van der Waals surface area contributed by atoms with E-state index in [4.69, 9.17) is 9.73 Å². The lowest BCUT2D eigenvalue weighted by Crippen LogP contribution is -2.46. The number of ether oxygens (including phenoxy) is 1. The fraction of sp³-hybridized carbons (Fsp3) is 0.545. The number of halogens is 1. The largest absolute Gasteiger partial charge is 0.466 e. The number of guanidine groups is 1. The van der Waals surface area contributed by atoms with Crippen molar-refractivity contribution < 1.29 is 9.53 Å². The topological polar surface area (TPSA) is 69.7 Å². The Kier molecular flexibility index (Phi) is 9.26. The van der Waals surface area contributed by atoms with Crippen molar-refractivity contribution in [2.45, 2.75) is 40.0 Å². The van der Waals surface area contributed by atoms with E-state index in [0.29, 0.717) is 6.61 Å². The smallest absolute Gasteiger partial charge is 0.309 e. The summed E-state index contributed by atoms with van der Waals surface area (Å²) in [5.74, 6) is 0.910. The first kappa shape index (κ1) is 23.5. The van der Waals surface area contributed by atoms with Crippen molar-refractivity contribution in [2.24, 2.45) is 10.9 Å². The Bertz CT molecular complexity index is 825. The number of carbonyl (C=O) groups is 1. The zero-order valence-electron chi connectivity index (χ0n) is 17.7. The minimum atomic E-state index is -0.0568. The lowest BCUT2D eigenvalue weighted by molar-refractivity contribution is -0.149. The molecular formula is C22H33IN4O2. The molecule has 0 amide bonds. The van der Waals surface area contributed by atoms with Gasteiger partial charge in [0.25, 0.3) is 0 Å². The van der Waals surface area contributed by atoms with E-state index in [1.165, 1.54) is 22.0 Å². The molecule has 1 saturated heterocycles. The zero-order valence-corrected chi connectivity index (χ0v) is 20.0. The lowest BCUT2D eigenvalue weighted by atomic mass is 9.97. The summed E-state index contributed by atoms with van der Waals surface area (Å²) in [4.78, 5) is 22.4. The van der Waals surface area contributed by atoms with E-state index < -0.39 is 0 Å². The molecule has 1 aliphatic heterocycles. The van der Waals surface area contributed by atoms with Gasteiger partial charge >= 0.3 is 5.97 Å². The summed E-state index contributed by atoms with van der Waals surface area (Å²) in [7, 11) is 0. The summed E-state index contributed by atoms with van der Waals surface area (Å²) < 4.78 is 5.17. The monoisotopic (exact) mass is 512 g/mol. The van der Waals surface area contributed by atoms with Gasteiger partial charge in [-0.3, -0.25) is 9.79 Å². The van der Waals surface area contributed by atoms with E-state index in [1.54, 1.807) is 0 Å². The van der Waals surface area contributed by atoms with Crippen LogP contribution in [0.25, 0.3) is 10.9 Å². The molecule has 6 nitrogen and oxygen atoms in total. The number of esters is 1. The van der Waals surface area contributed by atoms with Crippen LogP contribution in [0.15, 0.2) is 29.4 Å². The second-order valence-corrected chi connectivity index (χ2v) is 7.36. The van der Waals surface area contributed by atoms with Gasteiger partial charge in [-0.05, 0) is 57.2 Å². The summed E-state index contributed by atoms with van der Waals surface area (Å²) >= 11 is 0. The highest BCUT2D eigenvalue weighted by Crippen LogP contribution is 2.21. The molecule has 1 aromatic heterocycles. The van der Waals surface area contributed by atoms with Crippen LogP contribution in [-0.2, 0) is 16.0 Å². The van der Waals surface area contributed by atoms with Crippen molar-refractivity contribution in [3.63, 3.8) is 0 Å². The fourth-order valence-corrected chi connectivity index (χ4v) is 3.80. The van der Waals surface area contributed by atoms with Crippen LogP contribution in [0.1, 0.15) is 37.8 Å². The van der Waals surface area contributed by atoms with Crippen LogP contribution < -0.4 is 5.32 Å². The van der Waals surface area contributed by atoms with Gasteiger partial charge in [0.05, 0.1) is 12.5 Å². The van der Waals surface area contributed by atoms with Gasteiger partial charge in [-0.1, -0.05) is 12.1 Å². The molecule has 0 atom stereocenters. The van der Waals surface area contributed by atoms with Crippen LogP contribution in [-0.4, -0.2) is 54.6 Å². The summed E-state index contributed by atoms with van der Waals surface area (Å²) in [5, 5.41) is 4.68. The summed E-state index contributed by atoms with van der Waals surface area (Å²) in [5.41, 5.74) is 3.75. The third kappa shape index (κ3) is 6.10. The molecule has 2 N–H and O–H groups in total. The number of aryl methyl sites for hydroxylation is 1. The Morgan fingerprint density at radius 1 is 1.31 bits per heavy atom. The SMILES string of the molecule is CCNC(=NCCc1c[nH]c2cc(C)ccc12)N1CCC(C(=O)OCC)CC1.I. The summed E-state index contributed by atoms with van der Waals surface area (Å²) in [6.45, 7) is 9.75. The molecule has 29 heavy (non-hydrogen) atoms. The zero-order chi connectivity index (χ0) is 19.9. The molecule has 0 unspecified atom stereocenters. The number of hydrogen-bond acceptors (Lipinski definition) is 3. The number of nitrogens with one attached hydrogen (secondary N) is 2. The third-order valence-electron chi connectivity index (χ3n) is 5.31. The van der Waals surface area contributed by atoms with Crippen molar-refractivity contribution in [1.82, 2.24) is 15.2 Å². The first-order valence-electron chi connectivity index (χ1n) is 10.4. The number of H-pyrrole nitrogens is 1. The van der Waals surface area contributed by atoms with Gasteiger partial charge in [-0.15, -0.1) is 24.0 Å². The van der Waals surface area contributed by atoms with E-state index in [1.807, 2.05) is 6.92 Å². The van der Waals surface area contributed by atoms with Gasteiger partial charge in [0.2, 0.25) is 0 Å². The molecule has 0 aliphatic carbocycles. The first-order valence-corrected chi connectivity index (χ1v) is 10.4. The Balaban J connectivity index is 0.00000300. The van der Waals surface area contributed by atoms with E-state index in [-0.39, 0.29) is 35.9 Å². The molecule has 2 heterocycles. The number of rotatable bonds is 6. The number of carbonyl (C=O) groups excluding carboxylic acids is 1. The molecule has 0 saturated carbocycles. The molecule has 0 radical (unpaired) electrons. The number of aromatic amines is 1. The van der Waals surface area contributed by atoms with Gasteiger partial charge in [-0.2, -0.15) is 0 Å². The molecule has 7 heteroatoms. The molecule has 1 fully saturated rings. The Morgan fingerprint density at radius 3 is 2.76 bits per heavy atom. The van der Waals surface area contributed by atoms with E-state index in [2.05, 4.69) is 53.4 Å². The second-order valence-electron chi connectivity index (χ2n) is 7.36.